The summed E-state index contributed by atoms with van der Waals surface area (Å²) in [6, 6.07) is 6.13. The molecule has 2 aromatic carbocycles. The van der Waals surface area contributed by atoms with Crippen LogP contribution in [0.15, 0.2) is 35.3 Å². The largest absolute Gasteiger partial charge is 0.492 e. The molecule has 1 aliphatic heterocycles. The molecule has 0 saturated carbocycles. The van der Waals surface area contributed by atoms with Gasteiger partial charge in [0.15, 0.2) is 11.6 Å². The highest BCUT2D eigenvalue weighted by molar-refractivity contribution is 6.35. The number of nitrogens with one attached hydrogen (secondary N) is 2. The molecule has 37 heavy (non-hydrogen) atoms. The molecule has 2 heterocycles. The SMILES string of the molecule is COc1c(N2C[C@@H](C)N[C@@H](C)C2)c(F)cc2c(=O)c(C(=O)NCc3ccc(Cl)cc3Cl)cn(CCF)c12. The standard InChI is InChI=1S/C26H28Cl2F2N4O3/c1-14-11-34(12-15(2)32-14)23-21(30)9-18-22(25(23)37-3)33(7-6-29)13-19(24(18)35)26(36)31-10-16-4-5-17(27)8-20(16)28/h4-5,8-9,13-15,32H,6-7,10-12H2,1-3H3,(H,31,36)/t14-,15+. The van der Waals surface area contributed by atoms with Gasteiger partial charge in [-0.3, -0.25) is 9.59 Å². The fourth-order valence-electron chi connectivity index (χ4n) is 4.85. The quantitative estimate of drug-likeness (QED) is 0.450. The van der Waals surface area contributed by atoms with Crippen LogP contribution in [-0.4, -0.2) is 49.4 Å². The van der Waals surface area contributed by atoms with Crippen LogP contribution < -0.4 is 25.7 Å². The summed E-state index contributed by atoms with van der Waals surface area (Å²) in [6.07, 6.45) is 1.29. The minimum absolute atomic E-state index is 0.0331. The van der Waals surface area contributed by atoms with Crippen molar-refractivity contribution < 1.29 is 18.3 Å². The monoisotopic (exact) mass is 552 g/mol. The zero-order chi connectivity index (χ0) is 26.9. The minimum Gasteiger partial charge on any atom is -0.492 e. The molecule has 0 radical (unpaired) electrons. The number of halogens is 4. The van der Waals surface area contributed by atoms with Gasteiger partial charge in [-0.05, 0) is 37.6 Å². The highest BCUT2D eigenvalue weighted by Gasteiger charge is 2.29. The Hall–Kier alpha value is -2.88. The number of ether oxygens (including phenoxy) is 1. The van der Waals surface area contributed by atoms with E-state index < -0.39 is 23.8 Å². The van der Waals surface area contributed by atoms with Gasteiger partial charge < -0.3 is 24.8 Å². The van der Waals surface area contributed by atoms with Crippen LogP contribution in [0.5, 0.6) is 5.75 Å². The van der Waals surface area contributed by atoms with E-state index in [-0.39, 0.29) is 53.1 Å². The van der Waals surface area contributed by atoms with Crippen molar-refractivity contribution in [2.75, 3.05) is 31.8 Å². The number of nitrogens with zero attached hydrogens (tertiary/aromatic N) is 2. The third kappa shape index (κ3) is 5.54. The average Bonchev–Trinajstić information content (AvgIpc) is 2.83. The van der Waals surface area contributed by atoms with Crippen molar-refractivity contribution in [2.45, 2.75) is 39.0 Å². The van der Waals surface area contributed by atoms with E-state index in [1.165, 1.54) is 17.9 Å². The number of piperazine rings is 1. The fourth-order valence-corrected chi connectivity index (χ4v) is 5.33. The smallest absolute Gasteiger partial charge is 0.257 e. The maximum absolute atomic E-state index is 15.6. The van der Waals surface area contributed by atoms with Crippen LogP contribution in [0.3, 0.4) is 0 Å². The average molecular weight is 553 g/mol. The highest BCUT2D eigenvalue weighted by atomic mass is 35.5. The Labute approximate surface area is 223 Å². The van der Waals surface area contributed by atoms with Crippen molar-refractivity contribution in [1.82, 2.24) is 15.2 Å². The molecule has 1 fully saturated rings. The summed E-state index contributed by atoms with van der Waals surface area (Å²) in [5.41, 5.74) is 0.107. The summed E-state index contributed by atoms with van der Waals surface area (Å²) in [4.78, 5) is 28.3. The van der Waals surface area contributed by atoms with Crippen LogP contribution in [0.4, 0.5) is 14.5 Å². The number of hydrogen-bond acceptors (Lipinski definition) is 5. The van der Waals surface area contributed by atoms with Gasteiger partial charge >= 0.3 is 0 Å². The van der Waals surface area contributed by atoms with Crippen LogP contribution >= 0.6 is 23.2 Å². The first-order chi connectivity index (χ1) is 17.6. The van der Waals surface area contributed by atoms with E-state index in [2.05, 4.69) is 10.6 Å². The molecule has 4 rings (SSSR count). The number of rotatable bonds is 7. The highest BCUT2D eigenvalue weighted by Crippen LogP contribution is 2.39. The van der Waals surface area contributed by atoms with Gasteiger partial charge in [-0.15, -0.1) is 0 Å². The summed E-state index contributed by atoms with van der Waals surface area (Å²) >= 11 is 12.1. The molecule has 11 heteroatoms. The Bertz CT molecular complexity index is 1390. The number of aryl methyl sites for hydroxylation is 1. The molecule has 0 unspecified atom stereocenters. The van der Waals surface area contributed by atoms with Crippen LogP contribution in [0.1, 0.15) is 29.8 Å². The molecule has 1 aromatic heterocycles. The van der Waals surface area contributed by atoms with Crippen LogP contribution in [0, 0.1) is 5.82 Å². The van der Waals surface area contributed by atoms with Gasteiger partial charge in [0.2, 0.25) is 5.43 Å². The van der Waals surface area contributed by atoms with Crippen molar-refractivity contribution in [3.63, 3.8) is 0 Å². The molecule has 3 aromatic rings. The number of anilines is 1. The van der Waals surface area contributed by atoms with Gasteiger partial charge in [0.25, 0.3) is 5.91 Å². The fraction of sp³-hybridized carbons (Fsp3) is 0.385. The Morgan fingerprint density at radius 1 is 1.22 bits per heavy atom. The van der Waals surface area contributed by atoms with Crippen molar-refractivity contribution in [1.29, 1.82) is 0 Å². The normalized spacial score (nSPS) is 17.8. The number of aromatic nitrogens is 1. The number of benzene rings is 2. The summed E-state index contributed by atoms with van der Waals surface area (Å²) in [5.74, 6) is -1.22. The van der Waals surface area contributed by atoms with E-state index in [4.69, 9.17) is 27.9 Å². The molecule has 1 saturated heterocycles. The third-order valence-electron chi connectivity index (χ3n) is 6.35. The first-order valence-electron chi connectivity index (χ1n) is 11.9. The first-order valence-corrected chi connectivity index (χ1v) is 12.6. The molecule has 2 atom stereocenters. The van der Waals surface area contributed by atoms with Gasteiger partial charge in [-0.1, -0.05) is 29.3 Å². The van der Waals surface area contributed by atoms with Crippen molar-refractivity contribution >= 4 is 45.7 Å². The Balaban J connectivity index is 1.80. The summed E-state index contributed by atoms with van der Waals surface area (Å²) in [6.45, 7) is 4.14. The van der Waals surface area contributed by atoms with Crippen LogP contribution in [0.25, 0.3) is 10.9 Å². The lowest BCUT2D eigenvalue weighted by atomic mass is 10.1. The lowest BCUT2D eigenvalue weighted by Gasteiger charge is -2.38. The molecule has 198 valence electrons. The number of hydrogen-bond donors (Lipinski definition) is 2. The second kappa shape index (κ2) is 11.2. The van der Waals surface area contributed by atoms with Gasteiger partial charge in [0, 0.05) is 48.0 Å². The zero-order valence-electron chi connectivity index (χ0n) is 20.7. The Morgan fingerprint density at radius 2 is 1.92 bits per heavy atom. The van der Waals surface area contributed by atoms with Gasteiger partial charge in [-0.2, -0.15) is 0 Å². The van der Waals surface area contributed by atoms with Crippen molar-refractivity contribution in [2.24, 2.45) is 0 Å². The van der Waals surface area contributed by atoms with Crippen molar-refractivity contribution in [3.05, 3.63) is 67.7 Å². The second-order valence-corrected chi connectivity index (χ2v) is 10.0. The van der Waals surface area contributed by atoms with E-state index in [0.717, 1.165) is 6.07 Å². The number of carbonyl (C=O) groups excluding carboxylic acids is 1. The summed E-state index contributed by atoms with van der Waals surface area (Å²) in [5, 5.41) is 6.78. The first kappa shape index (κ1) is 27.2. The second-order valence-electron chi connectivity index (χ2n) is 9.18. The molecule has 2 N–H and O–H groups in total. The minimum atomic E-state index is -0.767. The number of alkyl halides is 1. The topological polar surface area (TPSA) is 75.6 Å². The van der Waals surface area contributed by atoms with E-state index >= 15 is 4.39 Å². The lowest BCUT2D eigenvalue weighted by molar-refractivity contribution is 0.0949. The van der Waals surface area contributed by atoms with Crippen LogP contribution in [0.2, 0.25) is 10.0 Å². The van der Waals surface area contributed by atoms with E-state index in [9.17, 15) is 14.0 Å². The third-order valence-corrected chi connectivity index (χ3v) is 6.93. The molecule has 1 aliphatic rings. The van der Waals surface area contributed by atoms with Crippen molar-refractivity contribution in [3.8, 4) is 5.75 Å². The molecule has 1 amide bonds. The number of carbonyl (C=O) groups is 1. The Kier molecular flexibility index (Phi) is 8.26. The molecule has 0 bridgehead atoms. The predicted molar refractivity (Wildman–Crippen MR) is 143 cm³/mol. The Morgan fingerprint density at radius 3 is 2.54 bits per heavy atom. The van der Waals surface area contributed by atoms with Gasteiger partial charge in [0.05, 0.1) is 24.6 Å². The number of pyridine rings is 1. The summed E-state index contributed by atoms with van der Waals surface area (Å²) in [7, 11) is 1.38. The van der Waals surface area contributed by atoms with Gasteiger partial charge in [0.1, 0.15) is 17.9 Å². The predicted octanol–water partition coefficient (Wildman–Crippen LogP) is 4.54. The number of amides is 1. The van der Waals surface area contributed by atoms with Crippen LogP contribution in [-0.2, 0) is 13.1 Å². The van der Waals surface area contributed by atoms with E-state index in [0.29, 0.717) is 28.7 Å². The number of methoxy groups -OCH3 is 1. The maximum atomic E-state index is 15.6. The molecule has 0 aliphatic carbocycles. The molecular formula is C26H28Cl2F2N4O3. The van der Waals surface area contributed by atoms with E-state index in [1.807, 2.05) is 18.7 Å². The lowest BCUT2D eigenvalue weighted by Crippen LogP contribution is -2.54. The van der Waals surface area contributed by atoms with Gasteiger partial charge in [-0.25, -0.2) is 8.78 Å². The molecule has 7 nitrogen and oxygen atoms in total. The molecular weight excluding hydrogens is 525 g/mol. The summed E-state index contributed by atoms with van der Waals surface area (Å²) < 4.78 is 36.2. The molecule has 0 spiro atoms. The zero-order valence-corrected chi connectivity index (χ0v) is 22.2. The van der Waals surface area contributed by atoms with E-state index in [1.54, 1.807) is 18.2 Å². The number of fused-ring (bicyclic) bond motifs is 1. The maximum Gasteiger partial charge on any atom is 0.257 e.